The molecule has 1 N–H and O–H groups in total. The van der Waals surface area contributed by atoms with E-state index in [-0.39, 0.29) is 12.2 Å². The van der Waals surface area contributed by atoms with Crippen molar-refractivity contribution in [1.82, 2.24) is 9.80 Å². The lowest BCUT2D eigenvalue weighted by molar-refractivity contribution is -0.156. The summed E-state index contributed by atoms with van der Waals surface area (Å²) >= 11 is 0. The smallest absolute Gasteiger partial charge is 0.312 e. The van der Waals surface area contributed by atoms with Crippen molar-refractivity contribution in [3.63, 3.8) is 0 Å². The molecule has 3 amide bonds. The molecule has 1 aliphatic rings. The van der Waals surface area contributed by atoms with E-state index in [1.165, 1.54) is 15.9 Å². The van der Waals surface area contributed by atoms with Crippen LogP contribution in [-0.4, -0.2) is 47.2 Å². The Kier molecular flexibility index (Phi) is 5.67. The summed E-state index contributed by atoms with van der Waals surface area (Å²) in [7, 11) is 0. The molecule has 0 radical (unpaired) electrons. The second-order valence-corrected chi connectivity index (χ2v) is 6.39. The van der Waals surface area contributed by atoms with Crippen molar-refractivity contribution in [3.8, 4) is 0 Å². The first-order valence-corrected chi connectivity index (χ1v) is 8.82. The van der Waals surface area contributed by atoms with Crippen LogP contribution in [0, 0.1) is 11.6 Å². The van der Waals surface area contributed by atoms with Crippen LogP contribution in [0.15, 0.2) is 42.5 Å². The van der Waals surface area contributed by atoms with Crippen LogP contribution in [-0.2, 0) is 16.1 Å². The van der Waals surface area contributed by atoms with Gasteiger partial charge in [0.25, 0.3) is 5.91 Å². The molecule has 1 aliphatic heterocycles. The van der Waals surface area contributed by atoms with Crippen LogP contribution in [0.5, 0.6) is 0 Å². The fraction of sp³-hybridized carbons (Fsp3) is 0.250. The highest BCUT2D eigenvalue weighted by Crippen LogP contribution is 2.16. The summed E-state index contributed by atoms with van der Waals surface area (Å²) < 4.78 is 26.2. The predicted octanol–water partition coefficient (Wildman–Crippen LogP) is 2.41. The standard InChI is InChI=1S/C20H19F2N3O3/c1-2-24-9-10-25(20(28)19(24)27)12-13-3-5-14(6-4-13)18(26)23-15-7-8-16(21)17(22)11-15/h3-8,11H,2,9-10,12H2,1H3,(H,23,26). The van der Waals surface area contributed by atoms with Crippen molar-refractivity contribution >= 4 is 23.4 Å². The first-order valence-electron chi connectivity index (χ1n) is 8.82. The molecular weight excluding hydrogens is 368 g/mol. The van der Waals surface area contributed by atoms with Gasteiger partial charge in [-0.2, -0.15) is 0 Å². The number of hydrogen-bond acceptors (Lipinski definition) is 3. The molecular formula is C20H19F2N3O3. The quantitative estimate of drug-likeness (QED) is 0.801. The van der Waals surface area contributed by atoms with Gasteiger partial charge in [-0.3, -0.25) is 14.4 Å². The third kappa shape index (κ3) is 4.16. The van der Waals surface area contributed by atoms with Gasteiger partial charge >= 0.3 is 11.8 Å². The van der Waals surface area contributed by atoms with Crippen LogP contribution >= 0.6 is 0 Å². The van der Waals surface area contributed by atoms with Gasteiger partial charge in [-0.1, -0.05) is 12.1 Å². The molecule has 6 nitrogen and oxygen atoms in total. The molecule has 0 aromatic heterocycles. The van der Waals surface area contributed by atoms with Gasteiger partial charge in [-0.05, 0) is 36.8 Å². The largest absolute Gasteiger partial charge is 0.333 e. The molecule has 1 fully saturated rings. The lowest BCUT2D eigenvalue weighted by Gasteiger charge is -2.33. The summed E-state index contributed by atoms with van der Waals surface area (Å²) in [5.74, 6) is -3.55. The second-order valence-electron chi connectivity index (χ2n) is 6.39. The number of benzene rings is 2. The van der Waals surface area contributed by atoms with Gasteiger partial charge in [-0.25, -0.2) is 8.78 Å². The van der Waals surface area contributed by atoms with Gasteiger partial charge in [0.15, 0.2) is 11.6 Å². The van der Waals surface area contributed by atoms with Crippen LogP contribution in [0.4, 0.5) is 14.5 Å². The summed E-state index contributed by atoms with van der Waals surface area (Å²) in [5, 5.41) is 2.49. The van der Waals surface area contributed by atoms with Gasteiger partial charge in [0.05, 0.1) is 0 Å². The molecule has 2 aromatic carbocycles. The maximum Gasteiger partial charge on any atom is 0.312 e. The SMILES string of the molecule is CCN1CCN(Cc2ccc(C(=O)Nc3ccc(F)c(F)c3)cc2)C(=O)C1=O. The Hall–Kier alpha value is -3.29. The van der Waals surface area contributed by atoms with E-state index >= 15 is 0 Å². The number of rotatable bonds is 5. The zero-order chi connectivity index (χ0) is 20.3. The summed E-state index contributed by atoms with van der Waals surface area (Å²) in [6.07, 6.45) is 0. The number of nitrogens with one attached hydrogen (secondary N) is 1. The van der Waals surface area contributed by atoms with Gasteiger partial charge in [-0.15, -0.1) is 0 Å². The monoisotopic (exact) mass is 387 g/mol. The maximum absolute atomic E-state index is 13.2. The van der Waals surface area contributed by atoms with Crippen LogP contribution in [0.3, 0.4) is 0 Å². The number of piperazine rings is 1. The van der Waals surface area contributed by atoms with Crippen molar-refractivity contribution in [1.29, 1.82) is 0 Å². The minimum absolute atomic E-state index is 0.144. The summed E-state index contributed by atoms with van der Waals surface area (Å²) in [6.45, 7) is 3.55. The van der Waals surface area contributed by atoms with Crippen LogP contribution in [0.25, 0.3) is 0 Å². The molecule has 1 heterocycles. The maximum atomic E-state index is 13.2. The molecule has 0 spiro atoms. The number of anilines is 1. The number of halogens is 2. The molecule has 3 rings (SSSR count). The minimum Gasteiger partial charge on any atom is -0.333 e. The fourth-order valence-corrected chi connectivity index (χ4v) is 2.93. The van der Waals surface area contributed by atoms with E-state index in [1.54, 1.807) is 24.3 Å². The van der Waals surface area contributed by atoms with Crippen LogP contribution in [0.2, 0.25) is 0 Å². The normalized spacial score (nSPS) is 14.4. The van der Waals surface area contributed by atoms with Crippen molar-refractivity contribution in [2.45, 2.75) is 13.5 Å². The van der Waals surface area contributed by atoms with Crippen molar-refractivity contribution in [2.24, 2.45) is 0 Å². The van der Waals surface area contributed by atoms with E-state index in [4.69, 9.17) is 0 Å². The average molecular weight is 387 g/mol. The molecule has 0 aliphatic carbocycles. The van der Waals surface area contributed by atoms with Crippen LogP contribution in [0.1, 0.15) is 22.8 Å². The van der Waals surface area contributed by atoms with E-state index in [2.05, 4.69) is 5.32 Å². The molecule has 28 heavy (non-hydrogen) atoms. The minimum atomic E-state index is -1.05. The highest BCUT2D eigenvalue weighted by Gasteiger charge is 2.31. The Bertz CT molecular complexity index is 915. The van der Waals surface area contributed by atoms with E-state index in [0.29, 0.717) is 25.2 Å². The molecule has 2 aromatic rings. The first-order chi connectivity index (χ1) is 13.4. The van der Waals surface area contributed by atoms with E-state index in [1.807, 2.05) is 6.92 Å². The Morgan fingerprint density at radius 1 is 0.964 bits per heavy atom. The van der Waals surface area contributed by atoms with Gasteiger partial charge in [0.1, 0.15) is 0 Å². The fourth-order valence-electron chi connectivity index (χ4n) is 2.93. The third-order valence-corrected chi connectivity index (χ3v) is 4.55. The highest BCUT2D eigenvalue weighted by molar-refractivity contribution is 6.35. The first kappa shape index (κ1) is 19.5. The summed E-state index contributed by atoms with van der Waals surface area (Å²) in [5.41, 5.74) is 1.24. The van der Waals surface area contributed by atoms with Crippen LogP contribution < -0.4 is 5.32 Å². The Balaban J connectivity index is 1.63. The lowest BCUT2D eigenvalue weighted by Crippen LogP contribution is -2.53. The number of carbonyl (C=O) groups excluding carboxylic acids is 3. The Morgan fingerprint density at radius 2 is 1.61 bits per heavy atom. The number of hydrogen-bond donors (Lipinski definition) is 1. The van der Waals surface area contributed by atoms with Gasteiger partial charge in [0.2, 0.25) is 0 Å². The lowest BCUT2D eigenvalue weighted by atomic mass is 10.1. The molecule has 146 valence electrons. The highest BCUT2D eigenvalue weighted by atomic mass is 19.2. The molecule has 0 bridgehead atoms. The topological polar surface area (TPSA) is 69.7 Å². The zero-order valence-corrected chi connectivity index (χ0v) is 15.2. The Labute approximate surface area is 160 Å². The van der Waals surface area contributed by atoms with Crippen molar-refractivity contribution in [3.05, 3.63) is 65.2 Å². The van der Waals surface area contributed by atoms with E-state index in [9.17, 15) is 23.2 Å². The molecule has 1 saturated heterocycles. The predicted molar refractivity (Wildman–Crippen MR) is 98.4 cm³/mol. The zero-order valence-electron chi connectivity index (χ0n) is 15.2. The number of likely N-dealkylation sites (N-methyl/N-ethyl adjacent to an activating group) is 1. The van der Waals surface area contributed by atoms with E-state index in [0.717, 1.165) is 17.7 Å². The van der Waals surface area contributed by atoms with Crippen molar-refractivity contribution in [2.75, 3.05) is 25.0 Å². The summed E-state index contributed by atoms with van der Waals surface area (Å²) in [4.78, 5) is 39.3. The molecule has 8 heteroatoms. The van der Waals surface area contributed by atoms with Gasteiger partial charge in [0, 0.05) is 43.5 Å². The van der Waals surface area contributed by atoms with E-state index < -0.39 is 29.4 Å². The second kappa shape index (κ2) is 8.16. The van der Waals surface area contributed by atoms with Gasteiger partial charge < -0.3 is 15.1 Å². The molecule has 0 unspecified atom stereocenters. The summed E-state index contributed by atoms with van der Waals surface area (Å²) in [6, 6.07) is 9.61. The molecule has 0 atom stereocenters. The number of carbonyl (C=O) groups is 3. The Morgan fingerprint density at radius 3 is 2.25 bits per heavy atom. The average Bonchev–Trinajstić information content (AvgIpc) is 2.69. The number of amides is 3. The van der Waals surface area contributed by atoms with Crippen molar-refractivity contribution < 1.29 is 23.2 Å². The number of nitrogens with zero attached hydrogens (tertiary/aromatic N) is 2. The third-order valence-electron chi connectivity index (χ3n) is 4.55. The molecule has 0 saturated carbocycles.